The SMILES string of the molecule is O=C(c1ccc2c(c1)C(=O)N(CC1CCCO1)C2=O)N1CCC(c2cc3ccccc3[nH]2)CC1. The van der Waals surface area contributed by atoms with Crippen LogP contribution in [0.3, 0.4) is 0 Å². The summed E-state index contributed by atoms with van der Waals surface area (Å²) in [5.41, 5.74) is 3.52. The molecular formula is C27H27N3O4. The van der Waals surface area contributed by atoms with Crippen LogP contribution in [0.5, 0.6) is 0 Å². The second-order valence-electron chi connectivity index (χ2n) is 9.49. The number of nitrogens with one attached hydrogen (secondary N) is 1. The van der Waals surface area contributed by atoms with Crippen LogP contribution in [0.2, 0.25) is 0 Å². The largest absolute Gasteiger partial charge is 0.376 e. The predicted octanol–water partition coefficient (Wildman–Crippen LogP) is 3.96. The number of nitrogens with zero attached hydrogens (tertiary/aromatic N) is 2. The van der Waals surface area contributed by atoms with E-state index in [1.165, 1.54) is 16.0 Å². The Hall–Kier alpha value is -3.45. The van der Waals surface area contributed by atoms with E-state index in [1.54, 1.807) is 18.2 Å². The van der Waals surface area contributed by atoms with E-state index in [4.69, 9.17) is 4.74 Å². The molecule has 6 rings (SSSR count). The Morgan fingerprint density at radius 3 is 2.53 bits per heavy atom. The molecule has 0 spiro atoms. The number of para-hydroxylation sites is 1. The molecule has 3 amide bonds. The molecule has 7 nitrogen and oxygen atoms in total. The summed E-state index contributed by atoms with van der Waals surface area (Å²) in [4.78, 5) is 45.6. The summed E-state index contributed by atoms with van der Waals surface area (Å²) in [6.07, 6.45) is 3.48. The lowest BCUT2D eigenvalue weighted by Gasteiger charge is -2.31. The number of benzene rings is 2. The number of carbonyl (C=O) groups is 3. The minimum atomic E-state index is -0.331. The van der Waals surface area contributed by atoms with Gasteiger partial charge in [-0.1, -0.05) is 18.2 Å². The molecule has 1 unspecified atom stereocenters. The van der Waals surface area contributed by atoms with Crippen LogP contribution >= 0.6 is 0 Å². The highest BCUT2D eigenvalue weighted by atomic mass is 16.5. The van der Waals surface area contributed by atoms with Gasteiger partial charge in [0.15, 0.2) is 0 Å². The molecule has 1 atom stereocenters. The average Bonchev–Trinajstić information content (AvgIpc) is 3.60. The number of H-pyrrole nitrogens is 1. The summed E-state index contributed by atoms with van der Waals surface area (Å²) >= 11 is 0. The van der Waals surface area contributed by atoms with E-state index in [0.717, 1.165) is 31.2 Å². The number of likely N-dealkylation sites (tertiary alicyclic amines) is 1. The van der Waals surface area contributed by atoms with E-state index in [2.05, 4.69) is 23.2 Å². The Morgan fingerprint density at radius 2 is 1.76 bits per heavy atom. The van der Waals surface area contributed by atoms with Crippen LogP contribution in [0.1, 0.15) is 68.4 Å². The average molecular weight is 458 g/mol. The normalized spacial score (nSPS) is 21.0. The highest BCUT2D eigenvalue weighted by molar-refractivity contribution is 6.22. The Labute approximate surface area is 197 Å². The van der Waals surface area contributed by atoms with E-state index in [-0.39, 0.29) is 30.4 Å². The number of ether oxygens (including phenoxy) is 1. The Bertz CT molecular complexity index is 1250. The first-order valence-electron chi connectivity index (χ1n) is 12.1. The van der Waals surface area contributed by atoms with Gasteiger partial charge in [0.25, 0.3) is 17.7 Å². The van der Waals surface area contributed by atoms with Crippen LogP contribution in [-0.2, 0) is 4.74 Å². The Kier molecular flexibility index (Phi) is 5.21. The number of imide groups is 1. The lowest BCUT2D eigenvalue weighted by Crippen LogP contribution is -2.38. The minimum absolute atomic E-state index is 0.0873. The van der Waals surface area contributed by atoms with Crippen molar-refractivity contribution in [2.75, 3.05) is 26.2 Å². The van der Waals surface area contributed by atoms with E-state index in [1.807, 2.05) is 17.0 Å². The van der Waals surface area contributed by atoms with Crippen LogP contribution in [0.4, 0.5) is 0 Å². The molecule has 2 fully saturated rings. The number of hydrogen-bond donors (Lipinski definition) is 1. The molecule has 2 aromatic carbocycles. The van der Waals surface area contributed by atoms with E-state index in [9.17, 15) is 14.4 Å². The maximum atomic E-state index is 13.2. The van der Waals surface area contributed by atoms with Gasteiger partial charge in [-0.15, -0.1) is 0 Å². The van der Waals surface area contributed by atoms with Gasteiger partial charge >= 0.3 is 0 Å². The molecule has 1 N–H and O–H groups in total. The molecule has 3 aromatic rings. The molecular weight excluding hydrogens is 430 g/mol. The molecule has 4 heterocycles. The van der Waals surface area contributed by atoms with Crippen LogP contribution < -0.4 is 0 Å². The topological polar surface area (TPSA) is 82.7 Å². The van der Waals surface area contributed by atoms with Crippen molar-refractivity contribution in [2.24, 2.45) is 0 Å². The molecule has 0 saturated carbocycles. The fourth-order valence-corrected chi connectivity index (χ4v) is 5.47. The van der Waals surface area contributed by atoms with Gasteiger partial charge in [-0.3, -0.25) is 19.3 Å². The highest BCUT2D eigenvalue weighted by Gasteiger charge is 2.38. The molecule has 1 aromatic heterocycles. The maximum Gasteiger partial charge on any atom is 0.261 e. The third kappa shape index (κ3) is 3.60. The molecule has 7 heteroatoms. The fourth-order valence-electron chi connectivity index (χ4n) is 5.47. The van der Waals surface area contributed by atoms with Gasteiger partial charge in [-0.2, -0.15) is 0 Å². The lowest BCUT2D eigenvalue weighted by molar-refractivity contribution is 0.0475. The Balaban J connectivity index is 1.14. The summed E-state index contributed by atoms with van der Waals surface area (Å²) in [6, 6.07) is 15.4. The number of fused-ring (bicyclic) bond motifs is 2. The van der Waals surface area contributed by atoms with Gasteiger partial charge in [-0.25, -0.2) is 0 Å². The van der Waals surface area contributed by atoms with Crippen molar-refractivity contribution in [1.29, 1.82) is 0 Å². The van der Waals surface area contributed by atoms with Crippen molar-refractivity contribution in [3.63, 3.8) is 0 Å². The van der Waals surface area contributed by atoms with Crippen molar-refractivity contribution in [2.45, 2.75) is 37.7 Å². The van der Waals surface area contributed by atoms with Crippen LogP contribution in [0.15, 0.2) is 48.5 Å². The molecule has 0 aliphatic carbocycles. The second-order valence-corrected chi connectivity index (χ2v) is 9.49. The van der Waals surface area contributed by atoms with E-state index in [0.29, 0.717) is 42.3 Å². The summed E-state index contributed by atoms with van der Waals surface area (Å²) in [7, 11) is 0. The zero-order valence-electron chi connectivity index (χ0n) is 19.0. The minimum Gasteiger partial charge on any atom is -0.376 e. The molecule has 34 heavy (non-hydrogen) atoms. The fraction of sp³-hybridized carbons (Fsp3) is 0.370. The van der Waals surface area contributed by atoms with Gasteiger partial charge in [0.05, 0.1) is 23.8 Å². The van der Waals surface area contributed by atoms with Crippen molar-refractivity contribution in [1.82, 2.24) is 14.8 Å². The van der Waals surface area contributed by atoms with Gasteiger partial charge in [0, 0.05) is 42.4 Å². The van der Waals surface area contributed by atoms with Crippen molar-refractivity contribution < 1.29 is 19.1 Å². The van der Waals surface area contributed by atoms with Gasteiger partial charge in [0.1, 0.15) is 0 Å². The maximum absolute atomic E-state index is 13.2. The smallest absolute Gasteiger partial charge is 0.261 e. The number of rotatable bonds is 4. The van der Waals surface area contributed by atoms with Gasteiger partial charge < -0.3 is 14.6 Å². The van der Waals surface area contributed by atoms with E-state index >= 15 is 0 Å². The zero-order chi connectivity index (χ0) is 23.2. The summed E-state index contributed by atoms with van der Waals surface area (Å²) in [5.74, 6) is -0.325. The lowest BCUT2D eigenvalue weighted by atomic mass is 9.93. The number of carbonyl (C=O) groups excluding carboxylic acids is 3. The summed E-state index contributed by atoms with van der Waals surface area (Å²) in [5, 5.41) is 1.21. The molecule has 174 valence electrons. The van der Waals surface area contributed by atoms with Crippen LogP contribution in [0.25, 0.3) is 10.9 Å². The number of piperidine rings is 1. The second kappa shape index (κ2) is 8.40. The van der Waals surface area contributed by atoms with Crippen molar-refractivity contribution >= 4 is 28.6 Å². The summed E-state index contributed by atoms with van der Waals surface area (Å²) < 4.78 is 5.60. The zero-order valence-corrected chi connectivity index (χ0v) is 19.0. The summed E-state index contributed by atoms with van der Waals surface area (Å²) in [6.45, 7) is 2.27. The number of hydrogen-bond acceptors (Lipinski definition) is 4. The van der Waals surface area contributed by atoms with Crippen molar-refractivity contribution in [3.8, 4) is 0 Å². The predicted molar refractivity (Wildman–Crippen MR) is 127 cm³/mol. The standard InChI is InChI=1S/C27H27N3O4/c31-25(29-11-9-17(10-12-29)24-15-18-4-1-2-6-23(18)28-24)19-7-8-21-22(14-19)27(33)30(26(21)32)16-20-5-3-13-34-20/h1-2,4,6-8,14-15,17,20,28H,3,5,9-13,16H2. The molecule has 2 saturated heterocycles. The molecule has 3 aliphatic rings. The number of amides is 3. The first-order valence-corrected chi connectivity index (χ1v) is 12.1. The monoisotopic (exact) mass is 457 g/mol. The number of aromatic amines is 1. The van der Waals surface area contributed by atoms with Gasteiger partial charge in [-0.05, 0) is 61.4 Å². The number of aromatic nitrogens is 1. The third-order valence-electron chi connectivity index (χ3n) is 7.40. The molecule has 0 bridgehead atoms. The van der Waals surface area contributed by atoms with Crippen molar-refractivity contribution in [3.05, 3.63) is 70.9 Å². The van der Waals surface area contributed by atoms with Gasteiger partial charge in [0.2, 0.25) is 0 Å². The quantitative estimate of drug-likeness (QED) is 0.601. The van der Waals surface area contributed by atoms with Crippen LogP contribution in [0, 0.1) is 0 Å². The Morgan fingerprint density at radius 1 is 0.971 bits per heavy atom. The van der Waals surface area contributed by atoms with Crippen LogP contribution in [-0.4, -0.2) is 64.9 Å². The first kappa shape index (κ1) is 21.1. The third-order valence-corrected chi connectivity index (χ3v) is 7.40. The molecule has 0 radical (unpaired) electrons. The first-order chi connectivity index (χ1) is 16.6. The molecule has 3 aliphatic heterocycles. The van der Waals surface area contributed by atoms with E-state index < -0.39 is 0 Å². The highest BCUT2D eigenvalue weighted by Crippen LogP contribution is 2.31.